The summed E-state index contributed by atoms with van der Waals surface area (Å²) in [4.78, 5) is 11.9. The fourth-order valence-electron chi connectivity index (χ4n) is 2.37. The molecule has 118 valence electrons. The number of nitrogen functional groups attached to an aromatic ring is 1. The number of benzene rings is 2. The van der Waals surface area contributed by atoms with Crippen molar-refractivity contribution in [1.29, 1.82) is 0 Å². The van der Waals surface area contributed by atoms with Crippen LogP contribution in [0.5, 0.6) is 0 Å². The number of nitrogens with two attached hydrogens (primary N) is 1. The van der Waals surface area contributed by atoms with Gasteiger partial charge in [-0.15, -0.1) is 0 Å². The van der Waals surface area contributed by atoms with E-state index in [2.05, 4.69) is 5.10 Å². The van der Waals surface area contributed by atoms with Crippen LogP contribution in [0.25, 0.3) is 10.9 Å². The molecule has 1 aromatic heterocycles. The molecule has 7 heteroatoms. The molecule has 0 unspecified atom stereocenters. The van der Waals surface area contributed by atoms with Crippen LogP contribution in [-0.2, 0) is 11.3 Å². The summed E-state index contributed by atoms with van der Waals surface area (Å²) < 4.78 is 20.3. The van der Waals surface area contributed by atoms with Gasteiger partial charge in [0.2, 0.25) is 0 Å². The highest BCUT2D eigenvalue weighted by atomic mass is 35.5. The number of rotatable bonds is 3. The number of fused-ring (bicyclic) bond motifs is 1. The van der Waals surface area contributed by atoms with Gasteiger partial charge >= 0.3 is 5.97 Å². The van der Waals surface area contributed by atoms with Crippen molar-refractivity contribution >= 4 is 34.2 Å². The van der Waals surface area contributed by atoms with Gasteiger partial charge in [-0.3, -0.25) is 4.68 Å². The van der Waals surface area contributed by atoms with Crippen molar-refractivity contribution in [1.82, 2.24) is 9.78 Å². The topological polar surface area (TPSA) is 70.1 Å². The third-order valence-electron chi connectivity index (χ3n) is 3.49. The van der Waals surface area contributed by atoms with Crippen molar-refractivity contribution in [3.63, 3.8) is 0 Å². The minimum atomic E-state index is -0.560. The van der Waals surface area contributed by atoms with E-state index in [0.29, 0.717) is 27.2 Å². The van der Waals surface area contributed by atoms with Gasteiger partial charge in [-0.05, 0) is 30.3 Å². The second-order valence-corrected chi connectivity index (χ2v) is 5.45. The number of hydrogen-bond acceptors (Lipinski definition) is 4. The monoisotopic (exact) mass is 333 g/mol. The molecular weight excluding hydrogens is 321 g/mol. The number of anilines is 1. The third kappa shape index (κ3) is 2.85. The molecule has 0 aliphatic rings. The molecule has 3 aromatic rings. The Bertz CT molecular complexity index is 908. The first-order valence-corrected chi connectivity index (χ1v) is 7.15. The van der Waals surface area contributed by atoms with Crippen LogP contribution in [0.2, 0.25) is 5.02 Å². The van der Waals surface area contributed by atoms with Crippen LogP contribution >= 0.6 is 11.6 Å². The normalized spacial score (nSPS) is 10.9. The highest BCUT2D eigenvalue weighted by Crippen LogP contribution is 2.24. The van der Waals surface area contributed by atoms with Crippen molar-refractivity contribution in [3.05, 3.63) is 58.5 Å². The second kappa shape index (κ2) is 5.89. The van der Waals surface area contributed by atoms with E-state index in [9.17, 15) is 9.18 Å². The Morgan fingerprint density at radius 1 is 1.35 bits per heavy atom. The summed E-state index contributed by atoms with van der Waals surface area (Å²) in [5.74, 6) is -1.00. The third-order valence-corrected chi connectivity index (χ3v) is 3.72. The van der Waals surface area contributed by atoms with Crippen molar-refractivity contribution in [2.75, 3.05) is 12.8 Å². The van der Waals surface area contributed by atoms with Crippen LogP contribution in [0.3, 0.4) is 0 Å². The maximum Gasteiger partial charge on any atom is 0.359 e. The average molecular weight is 334 g/mol. The molecular formula is C16H13ClFN3O2. The summed E-state index contributed by atoms with van der Waals surface area (Å²) in [5, 5.41) is 5.16. The predicted octanol–water partition coefficient (Wildman–Crippen LogP) is 3.25. The van der Waals surface area contributed by atoms with E-state index in [-0.39, 0.29) is 12.2 Å². The first-order valence-electron chi connectivity index (χ1n) is 6.78. The standard InChI is InChI=1S/C16H13ClFN3O2/c1-23-16(22)15-12-5-4-11(19)7-14(12)21(20-15)8-9-2-3-10(17)6-13(9)18/h2-7H,8,19H2,1H3. The summed E-state index contributed by atoms with van der Waals surface area (Å²) in [5.41, 5.74) is 7.51. The van der Waals surface area contributed by atoms with Crippen LogP contribution in [0.1, 0.15) is 16.1 Å². The van der Waals surface area contributed by atoms with Crippen molar-refractivity contribution in [3.8, 4) is 0 Å². The largest absolute Gasteiger partial charge is 0.464 e. The summed E-state index contributed by atoms with van der Waals surface area (Å²) >= 11 is 5.76. The van der Waals surface area contributed by atoms with Crippen LogP contribution in [0.4, 0.5) is 10.1 Å². The SMILES string of the molecule is COC(=O)c1nn(Cc2ccc(Cl)cc2F)c2cc(N)ccc12. The Balaban J connectivity index is 2.13. The number of methoxy groups -OCH3 is 1. The lowest BCUT2D eigenvalue weighted by molar-refractivity contribution is 0.0595. The smallest absolute Gasteiger partial charge is 0.359 e. The molecule has 0 saturated heterocycles. The van der Waals surface area contributed by atoms with Crippen molar-refractivity contribution < 1.29 is 13.9 Å². The van der Waals surface area contributed by atoms with Gasteiger partial charge in [-0.25, -0.2) is 9.18 Å². The molecule has 0 saturated carbocycles. The van der Waals surface area contributed by atoms with Gasteiger partial charge in [0, 0.05) is 21.7 Å². The number of carbonyl (C=O) groups is 1. The number of halogens is 2. The van der Waals surface area contributed by atoms with Crippen LogP contribution < -0.4 is 5.73 Å². The lowest BCUT2D eigenvalue weighted by Gasteiger charge is -2.06. The molecule has 0 atom stereocenters. The number of carbonyl (C=O) groups excluding carboxylic acids is 1. The van der Waals surface area contributed by atoms with Gasteiger partial charge in [0.05, 0.1) is 19.2 Å². The summed E-state index contributed by atoms with van der Waals surface area (Å²) in [6.45, 7) is 0.139. The van der Waals surface area contributed by atoms with Crippen molar-refractivity contribution in [2.45, 2.75) is 6.54 Å². The Labute approximate surface area is 136 Å². The number of hydrogen-bond donors (Lipinski definition) is 1. The summed E-state index contributed by atoms with van der Waals surface area (Å²) in [6, 6.07) is 9.46. The molecule has 0 aliphatic carbocycles. The zero-order valence-corrected chi connectivity index (χ0v) is 13.0. The summed E-state index contributed by atoms with van der Waals surface area (Å²) in [7, 11) is 1.28. The first-order chi connectivity index (χ1) is 11.0. The molecule has 2 aromatic carbocycles. The maximum absolute atomic E-state index is 14.0. The molecule has 0 fully saturated rings. The summed E-state index contributed by atoms with van der Waals surface area (Å²) in [6.07, 6.45) is 0. The maximum atomic E-state index is 14.0. The minimum Gasteiger partial charge on any atom is -0.464 e. The lowest BCUT2D eigenvalue weighted by Crippen LogP contribution is -2.07. The van der Waals surface area contributed by atoms with Gasteiger partial charge in [-0.1, -0.05) is 17.7 Å². The molecule has 23 heavy (non-hydrogen) atoms. The highest BCUT2D eigenvalue weighted by molar-refractivity contribution is 6.30. The minimum absolute atomic E-state index is 0.139. The molecule has 0 amide bonds. The number of aromatic nitrogens is 2. The van der Waals surface area contributed by atoms with Gasteiger partial charge in [0.1, 0.15) is 5.82 Å². The van der Waals surface area contributed by atoms with Crippen LogP contribution in [0, 0.1) is 5.82 Å². The Morgan fingerprint density at radius 2 is 2.13 bits per heavy atom. The molecule has 2 N–H and O–H groups in total. The fourth-order valence-corrected chi connectivity index (χ4v) is 2.53. The van der Waals surface area contributed by atoms with E-state index < -0.39 is 11.8 Å². The Hall–Kier alpha value is -2.60. The quantitative estimate of drug-likeness (QED) is 0.590. The zero-order chi connectivity index (χ0) is 16.6. The molecule has 0 spiro atoms. The molecule has 0 bridgehead atoms. The van der Waals surface area contributed by atoms with Crippen LogP contribution in [0.15, 0.2) is 36.4 Å². The van der Waals surface area contributed by atoms with E-state index in [4.69, 9.17) is 22.1 Å². The van der Waals surface area contributed by atoms with E-state index in [1.54, 1.807) is 30.3 Å². The van der Waals surface area contributed by atoms with E-state index >= 15 is 0 Å². The predicted molar refractivity (Wildman–Crippen MR) is 86.0 cm³/mol. The van der Waals surface area contributed by atoms with Crippen LogP contribution in [-0.4, -0.2) is 22.9 Å². The molecule has 1 heterocycles. The second-order valence-electron chi connectivity index (χ2n) is 5.01. The molecule has 0 aliphatic heterocycles. The van der Waals surface area contributed by atoms with Gasteiger partial charge in [0.15, 0.2) is 5.69 Å². The molecule has 0 radical (unpaired) electrons. The number of esters is 1. The first kappa shape index (κ1) is 15.3. The number of ether oxygens (including phenoxy) is 1. The Morgan fingerprint density at radius 3 is 2.83 bits per heavy atom. The molecule has 5 nitrogen and oxygen atoms in total. The number of nitrogens with zero attached hydrogens (tertiary/aromatic N) is 2. The zero-order valence-electron chi connectivity index (χ0n) is 12.2. The highest BCUT2D eigenvalue weighted by Gasteiger charge is 2.18. The lowest BCUT2D eigenvalue weighted by atomic mass is 10.2. The van der Waals surface area contributed by atoms with Gasteiger partial charge in [0.25, 0.3) is 0 Å². The van der Waals surface area contributed by atoms with Crippen molar-refractivity contribution in [2.24, 2.45) is 0 Å². The fraction of sp³-hybridized carbons (Fsp3) is 0.125. The average Bonchev–Trinajstić information content (AvgIpc) is 2.87. The van der Waals surface area contributed by atoms with E-state index in [1.165, 1.54) is 17.9 Å². The molecule has 3 rings (SSSR count). The Kier molecular flexibility index (Phi) is 3.92. The van der Waals surface area contributed by atoms with E-state index in [1.807, 2.05) is 0 Å². The van der Waals surface area contributed by atoms with Gasteiger partial charge < -0.3 is 10.5 Å². The van der Waals surface area contributed by atoms with Gasteiger partial charge in [-0.2, -0.15) is 5.10 Å². The van der Waals surface area contributed by atoms with E-state index in [0.717, 1.165) is 0 Å².